The van der Waals surface area contributed by atoms with Crippen LogP contribution in [0.5, 0.6) is 0 Å². The summed E-state index contributed by atoms with van der Waals surface area (Å²) in [4.78, 5) is 0. The highest BCUT2D eigenvalue weighted by atomic mass is 19.4. The number of alkyl halides is 3. The van der Waals surface area contributed by atoms with Crippen LogP contribution in [0.15, 0.2) is 24.3 Å². The van der Waals surface area contributed by atoms with Gasteiger partial charge < -0.3 is 5.32 Å². The summed E-state index contributed by atoms with van der Waals surface area (Å²) in [5, 5.41) is 3.22. The Kier molecular flexibility index (Phi) is 7.79. The van der Waals surface area contributed by atoms with Gasteiger partial charge >= 0.3 is 6.18 Å². The van der Waals surface area contributed by atoms with Crippen molar-refractivity contribution in [2.45, 2.75) is 64.1 Å². The summed E-state index contributed by atoms with van der Waals surface area (Å²) in [6.45, 7) is 2.18. The van der Waals surface area contributed by atoms with Crippen LogP contribution in [0.25, 0.3) is 0 Å². The number of hydrogen-bond donors (Lipinski definition) is 1. The van der Waals surface area contributed by atoms with Crippen LogP contribution in [-0.2, 0) is 12.6 Å². The van der Waals surface area contributed by atoms with Gasteiger partial charge in [0.25, 0.3) is 0 Å². The van der Waals surface area contributed by atoms with Crippen LogP contribution in [0.1, 0.15) is 56.6 Å². The first kappa shape index (κ1) is 18.0. The molecule has 0 heterocycles. The first-order valence-electron chi connectivity index (χ1n) is 7.80. The molecular formula is C17H26F3N. The maximum absolute atomic E-state index is 12.7. The van der Waals surface area contributed by atoms with Gasteiger partial charge in [-0.15, -0.1) is 0 Å². The lowest BCUT2D eigenvalue weighted by atomic mass is 9.98. The molecule has 0 aliphatic carbocycles. The summed E-state index contributed by atoms with van der Waals surface area (Å²) >= 11 is 0. The normalized spacial score (nSPS) is 13.4. The minimum atomic E-state index is -4.26. The largest absolute Gasteiger partial charge is 0.416 e. The Balaban J connectivity index is 2.49. The molecule has 0 radical (unpaired) electrons. The summed E-state index contributed by atoms with van der Waals surface area (Å²) in [5.74, 6) is 0. The Morgan fingerprint density at radius 1 is 1.10 bits per heavy atom. The van der Waals surface area contributed by atoms with Gasteiger partial charge in [-0.3, -0.25) is 0 Å². The highest BCUT2D eigenvalue weighted by molar-refractivity contribution is 5.26. The zero-order valence-electron chi connectivity index (χ0n) is 13.0. The molecule has 4 heteroatoms. The van der Waals surface area contributed by atoms with Crippen molar-refractivity contribution in [2.75, 3.05) is 7.05 Å². The molecule has 1 N–H and O–H groups in total. The first-order chi connectivity index (χ1) is 9.97. The van der Waals surface area contributed by atoms with E-state index in [0.29, 0.717) is 6.42 Å². The molecule has 0 fully saturated rings. The van der Waals surface area contributed by atoms with Crippen LogP contribution >= 0.6 is 0 Å². The number of hydrogen-bond acceptors (Lipinski definition) is 1. The quantitative estimate of drug-likeness (QED) is 0.618. The average molecular weight is 301 g/mol. The van der Waals surface area contributed by atoms with Gasteiger partial charge in [-0.05, 0) is 31.5 Å². The molecule has 0 bridgehead atoms. The predicted octanol–water partition coefficient (Wildman–Crippen LogP) is 5.20. The molecule has 1 aromatic carbocycles. The molecule has 21 heavy (non-hydrogen) atoms. The fraction of sp³-hybridized carbons (Fsp3) is 0.647. The molecule has 0 spiro atoms. The van der Waals surface area contributed by atoms with Crippen molar-refractivity contribution in [3.8, 4) is 0 Å². The predicted molar refractivity (Wildman–Crippen MR) is 81.4 cm³/mol. The van der Waals surface area contributed by atoms with E-state index in [2.05, 4.69) is 12.2 Å². The summed E-state index contributed by atoms with van der Waals surface area (Å²) in [6.07, 6.45) is 3.46. The van der Waals surface area contributed by atoms with Crippen LogP contribution < -0.4 is 5.32 Å². The monoisotopic (exact) mass is 301 g/mol. The Morgan fingerprint density at radius 3 is 2.43 bits per heavy atom. The van der Waals surface area contributed by atoms with E-state index in [1.54, 1.807) is 6.07 Å². The average Bonchev–Trinajstić information content (AvgIpc) is 2.45. The zero-order chi connectivity index (χ0) is 15.7. The second-order valence-corrected chi connectivity index (χ2v) is 5.59. The lowest BCUT2D eigenvalue weighted by Crippen LogP contribution is -2.27. The molecular weight excluding hydrogens is 275 g/mol. The third-order valence-electron chi connectivity index (χ3n) is 3.80. The van der Waals surface area contributed by atoms with E-state index in [4.69, 9.17) is 0 Å². The van der Waals surface area contributed by atoms with E-state index in [-0.39, 0.29) is 6.04 Å². The standard InChI is InChI=1S/C17H26F3N/c1-3-4-5-6-7-11-16(21-2)13-14-9-8-10-15(12-14)17(18,19)20/h8-10,12,16,21H,3-7,11,13H2,1-2H3. The van der Waals surface area contributed by atoms with Crippen LogP contribution in [-0.4, -0.2) is 13.1 Å². The third-order valence-corrected chi connectivity index (χ3v) is 3.80. The Hall–Kier alpha value is -1.03. The van der Waals surface area contributed by atoms with Crippen molar-refractivity contribution in [3.05, 3.63) is 35.4 Å². The number of rotatable bonds is 9. The molecule has 0 aliphatic rings. The molecule has 1 rings (SSSR count). The van der Waals surface area contributed by atoms with E-state index < -0.39 is 11.7 Å². The highest BCUT2D eigenvalue weighted by Gasteiger charge is 2.30. The summed E-state index contributed by atoms with van der Waals surface area (Å²) < 4.78 is 38.1. The molecule has 1 unspecified atom stereocenters. The van der Waals surface area contributed by atoms with Gasteiger partial charge in [0.15, 0.2) is 0 Å². The van der Waals surface area contributed by atoms with Gasteiger partial charge in [0.1, 0.15) is 0 Å². The van der Waals surface area contributed by atoms with Crippen LogP contribution in [0.2, 0.25) is 0 Å². The summed E-state index contributed by atoms with van der Waals surface area (Å²) in [6, 6.07) is 5.91. The Labute approximate surface area is 125 Å². The molecule has 1 aromatic rings. The second kappa shape index (κ2) is 9.08. The fourth-order valence-electron chi connectivity index (χ4n) is 2.50. The lowest BCUT2D eigenvalue weighted by Gasteiger charge is -2.17. The Morgan fingerprint density at radius 2 is 1.81 bits per heavy atom. The SMILES string of the molecule is CCCCCCCC(Cc1cccc(C(F)(F)F)c1)NC. The molecule has 0 amide bonds. The van der Waals surface area contributed by atoms with Crippen LogP contribution in [0.3, 0.4) is 0 Å². The van der Waals surface area contributed by atoms with E-state index in [9.17, 15) is 13.2 Å². The number of likely N-dealkylation sites (N-methyl/N-ethyl adjacent to an activating group) is 1. The summed E-state index contributed by atoms with van der Waals surface area (Å²) in [7, 11) is 1.88. The van der Waals surface area contributed by atoms with Crippen molar-refractivity contribution in [1.29, 1.82) is 0 Å². The third kappa shape index (κ3) is 6.98. The van der Waals surface area contributed by atoms with Crippen molar-refractivity contribution in [2.24, 2.45) is 0 Å². The molecule has 0 saturated heterocycles. The minimum absolute atomic E-state index is 0.245. The van der Waals surface area contributed by atoms with Gasteiger partial charge in [-0.25, -0.2) is 0 Å². The zero-order valence-corrected chi connectivity index (χ0v) is 13.0. The van der Waals surface area contributed by atoms with Gasteiger partial charge in [0, 0.05) is 6.04 Å². The minimum Gasteiger partial charge on any atom is -0.317 e. The van der Waals surface area contributed by atoms with Gasteiger partial charge in [-0.1, -0.05) is 57.2 Å². The molecule has 1 nitrogen and oxygen atoms in total. The van der Waals surface area contributed by atoms with Crippen LogP contribution in [0.4, 0.5) is 13.2 Å². The van der Waals surface area contributed by atoms with Gasteiger partial charge in [0.2, 0.25) is 0 Å². The molecule has 0 aromatic heterocycles. The second-order valence-electron chi connectivity index (χ2n) is 5.59. The van der Waals surface area contributed by atoms with Gasteiger partial charge in [0.05, 0.1) is 5.56 Å². The van der Waals surface area contributed by atoms with E-state index in [1.165, 1.54) is 37.8 Å². The maximum atomic E-state index is 12.7. The lowest BCUT2D eigenvalue weighted by molar-refractivity contribution is -0.137. The van der Waals surface area contributed by atoms with E-state index >= 15 is 0 Å². The molecule has 120 valence electrons. The highest BCUT2D eigenvalue weighted by Crippen LogP contribution is 2.29. The van der Waals surface area contributed by atoms with Crippen molar-refractivity contribution in [1.82, 2.24) is 5.32 Å². The molecule has 0 saturated carbocycles. The maximum Gasteiger partial charge on any atom is 0.416 e. The van der Waals surface area contributed by atoms with Crippen LogP contribution in [0, 0.1) is 0 Å². The molecule has 1 atom stereocenters. The summed E-state index contributed by atoms with van der Waals surface area (Å²) in [5.41, 5.74) is 0.190. The van der Waals surface area contributed by atoms with Crippen molar-refractivity contribution >= 4 is 0 Å². The van der Waals surface area contributed by atoms with Crippen molar-refractivity contribution < 1.29 is 13.2 Å². The smallest absolute Gasteiger partial charge is 0.317 e. The topological polar surface area (TPSA) is 12.0 Å². The van der Waals surface area contributed by atoms with E-state index in [1.807, 2.05) is 7.05 Å². The first-order valence-corrected chi connectivity index (χ1v) is 7.80. The molecule has 0 aliphatic heterocycles. The Bertz CT molecular complexity index is 401. The van der Waals surface area contributed by atoms with Crippen molar-refractivity contribution in [3.63, 3.8) is 0 Å². The van der Waals surface area contributed by atoms with Gasteiger partial charge in [-0.2, -0.15) is 13.2 Å². The number of unbranched alkanes of at least 4 members (excludes halogenated alkanes) is 4. The number of halogens is 3. The fourth-order valence-corrected chi connectivity index (χ4v) is 2.50. The number of benzene rings is 1. The van der Waals surface area contributed by atoms with E-state index in [0.717, 1.165) is 24.5 Å². The number of nitrogens with one attached hydrogen (secondary N) is 1.